The fourth-order valence-corrected chi connectivity index (χ4v) is 1.85. The van der Waals surface area contributed by atoms with Gasteiger partial charge < -0.3 is 10.3 Å². The van der Waals surface area contributed by atoms with E-state index in [2.05, 4.69) is 15.3 Å². The number of piperidine rings is 1. The molecule has 4 nitrogen and oxygen atoms in total. The number of rotatable bonds is 1. The smallest absolute Gasteiger partial charge is 0.251 e. The van der Waals surface area contributed by atoms with Crippen LogP contribution in [0.15, 0.2) is 10.9 Å². The van der Waals surface area contributed by atoms with Crippen molar-refractivity contribution in [3.63, 3.8) is 0 Å². The van der Waals surface area contributed by atoms with Crippen LogP contribution in [0.2, 0.25) is 0 Å². The molecular formula is C10H15N3O. The zero-order valence-corrected chi connectivity index (χ0v) is 8.34. The van der Waals surface area contributed by atoms with Crippen molar-refractivity contribution in [2.45, 2.75) is 32.2 Å². The van der Waals surface area contributed by atoms with Gasteiger partial charge in [0.25, 0.3) is 5.56 Å². The fraction of sp³-hybridized carbons (Fsp3) is 0.600. The molecule has 0 radical (unpaired) electrons. The molecule has 1 aromatic heterocycles. The first-order valence-electron chi connectivity index (χ1n) is 5.07. The first-order chi connectivity index (χ1) is 6.75. The average Bonchev–Trinajstić information content (AvgIpc) is 2.18. The van der Waals surface area contributed by atoms with Crippen molar-refractivity contribution in [3.8, 4) is 0 Å². The molecule has 76 valence electrons. The highest BCUT2D eigenvalue weighted by atomic mass is 16.1. The molecule has 0 amide bonds. The minimum atomic E-state index is -0.0557. The Labute approximate surface area is 82.8 Å². The highest BCUT2D eigenvalue weighted by Gasteiger charge is 2.16. The molecule has 4 heteroatoms. The Morgan fingerprint density at radius 2 is 2.36 bits per heavy atom. The highest BCUT2D eigenvalue weighted by molar-refractivity contribution is 5.04. The molecule has 0 unspecified atom stereocenters. The molecule has 14 heavy (non-hydrogen) atoms. The first-order valence-corrected chi connectivity index (χ1v) is 5.07. The largest absolute Gasteiger partial charge is 0.309 e. The molecule has 2 heterocycles. The van der Waals surface area contributed by atoms with Gasteiger partial charge >= 0.3 is 0 Å². The van der Waals surface area contributed by atoms with Gasteiger partial charge in [-0.15, -0.1) is 0 Å². The van der Waals surface area contributed by atoms with Crippen molar-refractivity contribution in [2.75, 3.05) is 6.54 Å². The van der Waals surface area contributed by atoms with Gasteiger partial charge in [-0.1, -0.05) is 6.42 Å². The summed E-state index contributed by atoms with van der Waals surface area (Å²) in [6.07, 6.45) is 3.48. The summed E-state index contributed by atoms with van der Waals surface area (Å²) < 4.78 is 0. The fourth-order valence-electron chi connectivity index (χ4n) is 1.85. The Hall–Kier alpha value is -1.16. The van der Waals surface area contributed by atoms with Gasteiger partial charge in [-0.25, -0.2) is 4.98 Å². The van der Waals surface area contributed by atoms with E-state index in [0.29, 0.717) is 0 Å². The third kappa shape index (κ3) is 2.01. The molecule has 1 aromatic rings. The maximum atomic E-state index is 11.2. The number of nitrogens with one attached hydrogen (secondary N) is 2. The van der Waals surface area contributed by atoms with Gasteiger partial charge in [-0.3, -0.25) is 4.79 Å². The van der Waals surface area contributed by atoms with E-state index in [9.17, 15) is 4.79 Å². The van der Waals surface area contributed by atoms with E-state index in [1.54, 1.807) is 0 Å². The molecular weight excluding hydrogens is 178 g/mol. The van der Waals surface area contributed by atoms with E-state index in [0.717, 1.165) is 24.5 Å². The van der Waals surface area contributed by atoms with Gasteiger partial charge in [-0.05, 0) is 26.3 Å². The Balaban J connectivity index is 2.26. The lowest BCUT2D eigenvalue weighted by Gasteiger charge is -2.22. The summed E-state index contributed by atoms with van der Waals surface area (Å²) in [6, 6.07) is 1.75. The van der Waals surface area contributed by atoms with Gasteiger partial charge in [0, 0.05) is 11.8 Å². The number of H-pyrrole nitrogens is 1. The molecule has 1 saturated heterocycles. The topological polar surface area (TPSA) is 57.8 Å². The van der Waals surface area contributed by atoms with E-state index in [1.807, 2.05) is 6.92 Å². The van der Waals surface area contributed by atoms with Gasteiger partial charge in [0.1, 0.15) is 5.82 Å². The Morgan fingerprint density at radius 1 is 1.50 bits per heavy atom. The molecule has 1 atom stereocenters. The van der Waals surface area contributed by atoms with Crippen molar-refractivity contribution in [2.24, 2.45) is 0 Å². The highest BCUT2D eigenvalue weighted by Crippen LogP contribution is 2.18. The lowest BCUT2D eigenvalue weighted by Crippen LogP contribution is -2.30. The average molecular weight is 193 g/mol. The minimum absolute atomic E-state index is 0.0557. The van der Waals surface area contributed by atoms with Gasteiger partial charge in [0.15, 0.2) is 0 Å². The van der Waals surface area contributed by atoms with Gasteiger partial charge in [-0.2, -0.15) is 0 Å². The number of hydrogen-bond donors (Lipinski definition) is 2. The summed E-state index contributed by atoms with van der Waals surface area (Å²) in [4.78, 5) is 18.4. The number of hydrogen-bond acceptors (Lipinski definition) is 3. The molecule has 2 N–H and O–H groups in total. The molecule has 1 aliphatic heterocycles. The maximum absolute atomic E-state index is 11.2. The van der Waals surface area contributed by atoms with Gasteiger partial charge in [0.2, 0.25) is 0 Å². The predicted octanol–water partition coefficient (Wildman–Crippen LogP) is 0.893. The van der Waals surface area contributed by atoms with Crippen LogP contribution in [0, 0.1) is 6.92 Å². The first kappa shape index (κ1) is 9.40. The number of aromatic nitrogens is 2. The Kier molecular flexibility index (Phi) is 2.63. The van der Waals surface area contributed by atoms with Crippen LogP contribution in [0.1, 0.15) is 36.8 Å². The molecule has 1 fully saturated rings. The second kappa shape index (κ2) is 3.92. The Morgan fingerprint density at radius 3 is 3.00 bits per heavy atom. The normalized spacial score (nSPS) is 22.2. The van der Waals surface area contributed by atoms with Crippen LogP contribution in [0.3, 0.4) is 0 Å². The SMILES string of the molecule is Cc1cc(=O)[nH]c([C@H]2CCCCN2)n1. The van der Waals surface area contributed by atoms with Crippen LogP contribution in [0.4, 0.5) is 0 Å². The summed E-state index contributed by atoms with van der Waals surface area (Å²) in [5.41, 5.74) is 0.732. The zero-order valence-electron chi connectivity index (χ0n) is 8.34. The van der Waals surface area contributed by atoms with Crippen molar-refractivity contribution >= 4 is 0 Å². The van der Waals surface area contributed by atoms with Crippen molar-refractivity contribution in [1.82, 2.24) is 15.3 Å². The molecule has 2 rings (SSSR count). The van der Waals surface area contributed by atoms with Crippen LogP contribution in [0.25, 0.3) is 0 Å². The van der Waals surface area contributed by atoms with E-state index in [-0.39, 0.29) is 11.6 Å². The summed E-state index contributed by atoms with van der Waals surface area (Å²) >= 11 is 0. The van der Waals surface area contributed by atoms with Crippen molar-refractivity contribution < 1.29 is 0 Å². The van der Waals surface area contributed by atoms with E-state index in [1.165, 1.54) is 18.9 Å². The predicted molar refractivity (Wildman–Crippen MR) is 54.2 cm³/mol. The van der Waals surface area contributed by atoms with E-state index in [4.69, 9.17) is 0 Å². The summed E-state index contributed by atoms with van der Waals surface area (Å²) in [7, 11) is 0. The summed E-state index contributed by atoms with van der Waals surface area (Å²) in [5, 5.41) is 3.36. The molecule has 0 saturated carbocycles. The van der Waals surface area contributed by atoms with Crippen molar-refractivity contribution in [3.05, 3.63) is 27.9 Å². The number of nitrogens with zero attached hydrogens (tertiary/aromatic N) is 1. The van der Waals surface area contributed by atoms with E-state index >= 15 is 0 Å². The summed E-state index contributed by atoms with van der Waals surface area (Å²) in [5.74, 6) is 0.787. The van der Waals surface area contributed by atoms with Crippen LogP contribution in [0.5, 0.6) is 0 Å². The second-order valence-electron chi connectivity index (χ2n) is 3.77. The minimum Gasteiger partial charge on any atom is -0.309 e. The lowest BCUT2D eigenvalue weighted by molar-refractivity contribution is 0.396. The van der Waals surface area contributed by atoms with Crippen LogP contribution < -0.4 is 10.9 Å². The van der Waals surface area contributed by atoms with Crippen LogP contribution in [-0.4, -0.2) is 16.5 Å². The quantitative estimate of drug-likeness (QED) is 0.696. The Bertz CT molecular complexity index is 366. The van der Waals surface area contributed by atoms with Crippen LogP contribution in [-0.2, 0) is 0 Å². The monoisotopic (exact) mass is 193 g/mol. The molecule has 0 spiro atoms. The van der Waals surface area contributed by atoms with E-state index < -0.39 is 0 Å². The summed E-state index contributed by atoms with van der Waals surface area (Å²) in [6.45, 7) is 2.86. The number of aryl methyl sites for hydroxylation is 1. The third-order valence-electron chi connectivity index (χ3n) is 2.53. The van der Waals surface area contributed by atoms with Crippen LogP contribution >= 0.6 is 0 Å². The number of aromatic amines is 1. The third-order valence-corrected chi connectivity index (χ3v) is 2.53. The standard InChI is InChI=1S/C10H15N3O/c1-7-6-9(14)13-10(12-7)8-4-2-3-5-11-8/h6,8,11H,2-5H2,1H3,(H,12,13,14)/t8-/m1/s1. The molecule has 0 aliphatic carbocycles. The van der Waals surface area contributed by atoms with Crippen molar-refractivity contribution in [1.29, 1.82) is 0 Å². The molecule has 1 aliphatic rings. The molecule has 0 aromatic carbocycles. The lowest BCUT2D eigenvalue weighted by atomic mass is 10.0. The zero-order chi connectivity index (χ0) is 9.97. The van der Waals surface area contributed by atoms with Gasteiger partial charge in [0.05, 0.1) is 6.04 Å². The maximum Gasteiger partial charge on any atom is 0.251 e. The molecule has 0 bridgehead atoms. The second-order valence-corrected chi connectivity index (χ2v) is 3.77.